The first kappa shape index (κ1) is 21.3. The molecule has 0 aliphatic rings. The lowest BCUT2D eigenvalue weighted by molar-refractivity contribution is -0.137. The minimum absolute atomic E-state index is 0.0113. The second-order valence-electron chi connectivity index (χ2n) is 7.19. The van der Waals surface area contributed by atoms with Crippen molar-refractivity contribution >= 4 is 11.9 Å². The molecule has 0 fully saturated rings. The molecule has 0 bridgehead atoms. The molecule has 3 rings (SSSR count). The zero-order valence-electron chi connectivity index (χ0n) is 16.3. The number of hydrogen-bond donors (Lipinski definition) is 2. The molecule has 158 valence electrons. The molecule has 30 heavy (non-hydrogen) atoms. The number of alkyl halides is 3. The normalized spacial score (nSPS) is 12.7. The number of halogens is 3. The van der Waals surface area contributed by atoms with Crippen LogP contribution in [-0.4, -0.2) is 30.8 Å². The fraction of sp³-hybridized carbons (Fsp3) is 0.300. The molecule has 0 saturated heterocycles. The first-order valence-electron chi connectivity index (χ1n) is 9.17. The number of benzene rings is 1. The molecule has 1 aromatic carbocycles. The van der Waals surface area contributed by atoms with E-state index < -0.39 is 17.7 Å². The molecule has 7 nitrogen and oxygen atoms in total. The zero-order chi connectivity index (χ0) is 21.9. The number of hydrogen-bond acceptors (Lipinski definition) is 5. The van der Waals surface area contributed by atoms with Crippen molar-refractivity contribution in [2.45, 2.75) is 32.5 Å². The molecule has 1 unspecified atom stereocenters. The number of carbonyl (C=O) groups is 1. The third-order valence-electron chi connectivity index (χ3n) is 4.38. The average molecular weight is 419 g/mol. The Labute approximate surface area is 170 Å². The Kier molecular flexibility index (Phi) is 6.04. The van der Waals surface area contributed by atoms with E-state index in [1.54, 1.807) is 24.3 Å². The van der Waals surface area contributed by atoms with E-state index in [9.17, 15) is 18.0 Å². The largest absolute Gasteiger partial charge is 0.478 e. The Morgan fingerprint density at radius 3 is 2.27 bits per heavy atom. The summed E-state index contributed by atoms with van der Waals surface area (Å²) >= 11 is 0. The lowest BCUT2D eigenvalue weighted by Crippen LogP contribution is -2.15. The van der Waals surface area contributed by atoms with Crippen molar-refractivity contribution in [1.82, 2.24) is 19.7 Å². The van der Waals surface area contributed by atoms with Crippen LogP contribution in [0.5, 0.6) is 0 Å². The van der Waals surface area contributed by atoms with E-state index in [-0.39, 0.29) is 17.6 Å². The number of rotatable bonds is 7. The average Bonchev–Trinajstić information content (AvgIpc) is 3.18. The van der Waals surface area contributed by atoms with Crippen molar-refractivity contribution in [2.75, 3.05) is 5.32 Å². The summed E-state index contributed by atoms with van der Waals surface area (Å²) in [6.07, 6.45) is 0.474. The van der Waals surface area contributed by atoms with Gasteiger partial charge in [0.05, 0.1) is 29.1 Å². The maximum absolute atomic E-state index is 12.8. The van der Waals surface area contributed by atoms with Crippen LogP contribution in [0, 0.1) is 5.92 Å². The van der Waals surface area contributed by atoms with Gasteiger partial charge in [0.2, 0.25) is 5.95 Å². The minimum atomic E-state index is -4.44. The van der Waals surface area contributed by atoms with Crippen molar-refractivity contribution in [3.05, 3.63) is 65.7 Å². The van der Waals surface area contributed by atoms with E-state index in [1.807, 2.05) is 0 Å². The number of nitrogens with one attached hydrogen (secondary N) is 1. The molecule has 2 aromatic heterocycles. The molecule has 10 heteroatoms. The van der Waals surface area contributed by atoms with E-state index in [0.717, 1.165) is 24.4 Å². The fourth-order valence-corrected chi connectivity index (χ4v) is 2.89. The van der Waals surface area contributed by atoms with Crippen molar-refractivity contribution in [3.8, 4) is 5.69 Å². The number of carboxylic acids is 1. The van der Waals surface area contributed by atoms with Crippen LogP contribution in [0.2, 0.25) is 0 Å². The highest BCUT2D eigenvalue weighted by Gasteiger charge is 2.32. The molecule has 0 spiro atoms. The molecule has 0 aliphatic heterocycles. The predicted molar refractivity (Wildman–Crippen MR) is 103 cm³/mol. The van der Waals surface area contributed by atoms with Gasteiger partial charge in [-0.25, -0.2) is 19.4 Å². The SMILES string of the molecule is CC(C)CC(Nc1ncc(C(=O)O)cn1)c1ccc(-n2cc(C(F)(F)F)cn2)cc1. The number of carboxylic acid groups (broad SMARTS) is 1. The Balaban J connectivity index is 1.80. The van der Waals surface area contributed by atoms with Gasteiger partial charge in [0, 0.05) is 18.6 Å². The molecule has 1 atom stereocenters. The van der Waals surface area contributed by atoms with Gasteiger partial charge in [0.25, 0.3) is 0 Å². The topological polar surface area (TPSA) is 92.9 Å². The predicted octanol–water partition coefficient (Wildman–Crippen LogP) is 4.58. The van der Waals surface area contributed by atoms with Crippen LogP contribution < -0.4 is 5.32 Å². The molecule has 0 radical (unpaired) electrons. The molecule has 2 N–H and O–H groups in total. The van der Waals surface area contributed by atoms with Crippen molar-refractivity contribution in [3.63, 3.8) is 0 Å². The molecule has 0 aliphatic carbocycles. The molecule has 3 aromatic rings. The standard InChI is InChI=1S/C20H20F3N5O2/c1-12(2)7-17(27-19-24-8-14(9-25-19)18(29)30)13-3-5-16(6-4-13)28-11-15(10-26-28)20(21,22)23/h3-6,8-12,17H,7H2,1-2H3,(H,29,30)(H,24,25,27). The van der Waals surface area contributed by atoms with Gasteiger partial charge in [-0.3, -0.25) is 0 Å². The summed E-state index contributed by atoms with van der Waals surface area (Å²) in [4.78, 5) is 19.0. The van der Waals surface area contributed by atoms with E-state index in [2.05, 4.69) is 34.2 Å². The summed E-state index contributed by atoms with van der Waals surface area (Å²) in [6, 6.07) is 6.81. The second-order valence-corrected chi connectivity index (χ2v) is 7.19. The monoisotopic (exact) mass is 419 g/mol. The van der Waals surface area contributed by atoms with E-state index in [4.69, 9.17) is 5.11 Å². The summed E-state index contributed by atoms with van der Waals surface area (Å²) < 4.78 is 39.5. The Hall–Kier alpha value is -3.43. The van der Waals surface area contributed by atoms with Gasteiger partial charge in [0.15, 0.2) is 0 Å². The van der Waals surface area contributed by atoms with Crippen LogP contribution in [-0.2, 0) is 6.18 Å². The van der Waals surface area contributed by atoms with E-state index >= 15 is 0 Å². The second kappa shape index (κ2) is 8.52. The zero-order valence-corrected chi connectivity index (χ0v) is 16.3. The lowest BCUT2D eigenvalue weighted by Gasteiger charge is -2.21. The van der Waals surface area contributed by atoms with Crippen LogP contribution >= 0.6 is 0 Å². The van der Waals surface area contributed by atoms with Crippen molar-refractivity contribution in [2.24, 2.45) is 5.92 Å². The Morgan fingerprint density at radius 1 is 1.13 bits per heavy atom. The van der Waals surface area contributed by atoms with Gasteiger partial charge in [-0.05, 0) is 30.0 Å². The third kappa shape index (κ3) is 5.13. The summed E-state index contributed by atoms with van der Waals surface area (Å²) in [5, 5.41) is 15.9. The lowest BCUT2D eigenvalue weighted by atomic mass is 9.97. The van der Waals surface area contributed by atoms with Gasteiger partial charge >= 0.3 is 12.1 Å². The van der Waals surface area contributed by atoms with E-state index in [1.165, 1.54) is 17.1 Å². The number of aromatic carboxylic acids is 1. The van der Waals surface area contributed by atoms with Gasteiger partial charge in [-0.2, -0.15) is 18.3 Å². The molecule has 0 amide bonds. The van der Waals surface area contributed by atoms with Crippen LogP contribution in [0.25, 0.3) is 5.69 Å². The minimum Gasteiger partial charge on any atom is -0.478 e. The van der Waals surface area contributed by atoms with Crippen LogP contribution in [0.15, 0.2) is 49.1 Å². The van der Waals surface area contributed by atoms with Gasteiger partial charge < -0.3 is 10.4 Å². The van der Waals surface area contributed by atoms with Crippen LogP contribution in [0.3, 0.4) is 0 Å². The maximum atomic E-state index is 12.8. The Morgan fingerprint density at radius 2 is 1.77 bits per heavy atom. The highest BCUT2D eigenvalue weighted by atomic mass is 19.4. The summed E-state index contributed by atoms with van der Waals surface area (Å²) in [5.41, 5.74) is 0.566. The fourth-order valence-electron chi connectivity index (χ4n) is 2.89. The van der Waals surface area contributed by atoms with Crippen molar-refractivity contribution in [1.29, 1.82) is 0 Å². The number of aromatic nitrogens is 4. The molecular weight excluding hydrogens is 399 g/mol. The van der Waals surface area contributed by atoms with E-state index in [0.29, 0.717) is 11.6 Å². The Bertz CT molecular complexity index is 999. The summed E-state index contributed by atoms with van der Waals surface area (Å²) in [7, 11) is 0. The molecule has 2 heterocycles. The molecular formula is C20H20F3N5O2. The molecule has 0 saturated carbocycles. The highest BCUT2D eigenvalue weighted by Crippen LogP contribution is 2.30. The smallest absolute Gasteiger partial charge is 0.419 e. The summed E-state index contributed by atoms with van der Waals surface area (Å²) in [5.74, 6) is -0.485. The first-order chi connectivity index (χ1) is 14.1. The maximum Gasteiger partial charge on any atom is 0.419 e. The number of anilines is 1. The van der Waals surface area contributed by atoms with Gasteiger partial charge in [0.1, 0.15) is 0 Å². The highest BCUT2D eigenvalue weighted by molar-refractivity contribution is 5.86. The third-order valence-corrected chi connectivity index (χ3v) is 4.38. The van der Waals surface area contributed by atoms with Gasteiger partial charge in [-0.1, -0.05) is 26.0 Å². The van der Waals surface area contributed by atoms with Gasteiger partial charge in [-0.15, -0.1) is 0 Å². The number of nitrogens with zero attached hydrogens (tertiary/aromatic N) is 4. The first-order valence-corrected chi connectivity index (χ1v) is 9.17. The van der Waals surface area contributed by atoms with Crippen LogP contribution in [0.4, 0.5) is 19.1 Å². The summed E-state index contributed by atoms with van der Waals surface area (Å²) in [6.45, 7) is 4.11. The van der Waals surface area contributed by atoms with Crippen molar-refractivity contribution < 1.29 is 23.1 Å². The van der Waals surface area contributed by atoms with Crippen LogP contribution in [0.1, 0.15) is 47.8 Å². The quantitative estimate of drug-likeness (QED) is 0.582.